The van der Waals surface area contributed by atoms with Gasteiger partial charge in [0.25, 0.3) is 5.91 Å². The van der Waals surface area contributed by atoms with Gasteiger partial charge < -0.3 is 15.1 Å². The number of aromatic hydroxyl groups is 1. The fourth-order valence-electron chi connectivity index (χ4n) is 2.70. The standard InChI is InChI=1S/C18H15N5O2S/c1-10-5-4-6-11-15(10)21-17(25)16(11)23-22-14(24)9-26-18-19-12-7-2-3-8-13(12)20-18/h2-8,21,25H,9H2,1H3,(H,19,20). The van der Waals surface area contributed by atoms with Crippen LogP contribution in [0.5, 0.6) is 5.88 Å². The highest BCUT2D eigenvalue weighted by Gasteiger charge is 2.12. The lowest BCUT2D eigenvalue weighted by molar-refractivity contribution is -0.115. The van der Waals surface area contributed by atoms with Crippen LogP contribution in [-0.2, 0) is 4.79 Å². The van der Waals surface area contributed by atoms with Crippen LogP contribution in [0, 0.1) is 6.92 Å². The van der Waals surface area contributed by atoms with E-state index in [4.69, 9.17) is 0 Å². The van der Waals surface area contributed by atoms with E-state index >= 15 is 0 Å². The van der Waals surface area contributed by atoms with E-state index in [1.54, 1.807) is 0 Å². The average molecular weight is 365 g/mol. The summed E-state index contributed by atoms with van der Waals surface area (Å²) in [6.45, 7) is 1.92. The van der Waals surface area contributed by atoms with Crippen molar-refractivity contribution in [3.63, 3.8) is 0 Å². The molecular weight excluding hydrogens is 350 g/mol. The molecule has 7 nitrogen and oxygen atoms in total. The number of aryl methyl sites for hydroxylation is 1. The van der Waals surface area contributed by atoms with Gasteiger partial charge in [0, 0.05) is 5.39 Å². The second-order valence-corrected chi connectivity index (χ2v) is 6.73. The molecular formula is C18H15N5O2S. The highest BCUT2D eigenvalue weighted by molar-refractivity contribution is 7.99. The fraction of sp³-hybridized carbons (Fsp3) is 0.111. The summed E-state index contributed by atoms with van der Waals surface area (Å²) < 4.78 is 0. The molecule has 0 radical (unpaired) electrons. The Morgan fingerprint density at radius 2 is 2.04 bits per heavy atom. The molecule has 0 spiro atoms. The van der Waals surface area contributed by atoms with Crippen molar-refractivity contribution in [2.45, 2.75) is 12.1 Å². The predicted molar refractivity (Wildman–Crippen MR) is 101 cm³/mol. The van der Waals surface area contributed by atoms with Gasteiger partial charge >= 0.3 is 0 Å². The number of benzene rings is 2. The normalized spacial score (nSPS) is 11.7. The number of fused-ring (bicyclic) bond motifs is 2. The third-order valence-corrected chi connectivity index (χ3v) is 4.82. The van der Waals surface area contributed by atoms with Gasteiger partial charge in [-0.1, -0.05) is 42.1 Å². The largest absolute Gasteiger partial charge is 0.493 e. The van der Waals surface area contributed by atoms with Crippen LogP contribution in [0.15, 0.2) is 57.8 Å². The van der Waals surface area contributed by atoms with E-state index in [1.165, 1.54) is 11.8 Å². The molecule has 2 heterocycles. The molecule has 0 atom stereocenters. The molecule has 0 fully saturated rings. The van der Waals surface area contributed by atoms with Crippen LogP contribution in [0.3, 0.4) is 0 Å². The molecule has 4 rings (SSSR count). The molecule has 0 bridgehead atoms. The van der Waals surface area contributed by atoms with E-state index < -0.39 is 5.91 Å². The topological polar surface area (TPSA) is 106 Å². The predicted octanol–water partition coefficient (Wildman–Crippen LogP) is 4.46. The summed E-state index contributed by atoms with van der Waals surface area (Å²) in [6.07, 6.45) is 0. The summed E-state index contributed by atoms with van der Waals surface area (Å²) in [4.78, 5) is 22.4. The van der Waals surface area contributed by atoms with Crippen LogP contribution >= 0.6 is 11.8 Å². The van der Waals surface area contributed by atoms with Crippen molar-refractivity contribution in [1.82, 2.24) is 15.0 Å². The van der Waals surface area contributed by atoms with E-state index in [9.17, 15) is 9.90 Å². The summed E-state index contributed by atoms with van der Waals surface area (Å²) in [5.74, 6) is -0.404. The zero-order valence-electron chi connectivity index (χ0n) is 13.9. The first-order valence-electron chi connectivity index (χ1n) is 7.94. The molecule has 0 aliphatic heterocycles. The smallest absolute Gasteiger partial charge is 0.275 e. The van der Waals surface area contributed by atoms with Crippen LogP contribution in [0.1, 0.15) is 5.56 Å². The number of thioether (sulfide) groups is 1. The van der Waals surface area contributed by atoms with Gasteiger partial charge in [0.15, 0.2) is 10.8 Å². The Hall–Kier alpha value is -3.13. The van der Waals surface area contributed by atoms with Crippen LogP contribution in [-0.4, -0.2) is 31.7 Å². The molecule has 130 valence electrons. The molecule has 0 saturated carbocycles. The maximum absolute atomic E-state index is 12.0. The number of carbonyl (C=O) groups is 1. The van der Waals surface area contributed by atoms with Gasteiger partial charge in [-0.25, -0.2) is 4.98 Å². The lowest BCUT2D eigenvalue weighted by atomic mass is 10.1. The molecule has 26 heavy (non-hydrogen) atoms. The monoisotopic (exact) mass is 365 g/mol. The maximum Gasteiger partial charge on any atom is 0.275 e. The van der Waals surface area contributed by atoms with E-state index in [0.717, 1.165) is 27.5 Å². The molecule has 3 N–H and O–H groups in total. The molecule has 2 aromatic heterocycles. The number of aromatic nitrogens is 3. The molecule has 8 heteroatoms. The lowest BCUT2D eigenvalue weighted by Gasteiger charge is -1.95. The number of nitrogens with zero attached hydrogens (tertiary/aromatic N) is 3. The minimum absolute atomic E-state index is 0.101. The van der Waals surface area contributed by atoms with Crippen LogP contribution in [0.25, 0.3) is 21.9 Å². The number of imidazole rings is 1. The number of nitrogens with one attached hydrogen (secondary N) is 2. The van der Waals surface area contributed by atoms with Crippen molar-refractivity contribution in [2.75, 3.05) is 5.75 Å². The van der Waals surface area contributed by atoms with Crippen molar-refractivity contribution < 1.29 is 9.90 Å². The second-order valence-electron chi connectivity index (χ2n) is 5.76. The van der Waals surface area contributed by atoms with Crippen LogP contribution in [0.2, 0.25) is 0 Å². The van der Waals surface area contributed by atoms with Crippen LogP contribution < -0.4 is 0 Å². The van der Waals surface area contributed by atoms with Gasteiger partial charge in [-0.05, 0) is 24.6 Å². The summed E-state index contributed by atoms with van der Waals surface area (Å²) in [7, 11) is 0. The molecule has 2 aromatic carbocycles. The summed E-state index contributed by atoms with van der Waals surface area (Å²) in [5, 5.41) is 19.1. The number of para-hydroxylation sites is 3. The number of H-pyrrole nitrogens is 2. The summed E-state index contributed by atoms with van der Waals surface area (Å²) in [5.41, 5.74) is 3.80. The van der Waals surface area contributed by atoms with E-state index in [-0.39, 0.29) is 17.3 Å². The number of amides is 1. The van der Waals surface area contributed by atoms with Crippen molar-refractivity contribution in [3.8, 4) is 5.88 Å². The zero-order chi connectivity index (χ0) is 18.1. The van der Waals surface area contributed by atoms with Crippen molar-refractivity contribution in [1.29, 1.82) is 0 Å². The first-order valence-corrected chi connectivity index (χ1v) is 8.93. The van der Waals surface area contributed by atoms with E-state index in [1.807, 2.05) is 49.4 Å². The molecule has 1 amide bonds. The highest BCUT2D eigenvalue weighted by Crippen LogP contribution is 2.36. The Labute approximate surface area is 152 Å². The van der Waals surface area contributed by atoms with E-state index in [2.05, 4.69) is 25.2 Å². The Morgan fingerprint density at radius 1 is 1.19 bits per heavy atom. The molecule has 4 aromatic rings. The van der Waals surface area contributed by atoms with E-state index in [0.29, 0.717) is 5.16 Å². The molecule has 0 saturated heterocycles. The number of rotatable bonds is 4. The third-order valence-electron chi connectivity index (χ3n) is 3.96. The summed E-state index contributed by atoms with van der Waals surface area (Å²) >= 11 is 1.26. The Balaban J connectivity index is 1.48. The third kappa shape index (κ3) is 3.06. The maximum atomic E-state index is 12.0. The van der Waals surface area contributed by atoms with Gasteiger partial charge in [-0.3, -0.25) is 4.79 Å². The van der Waals surface area contributed by atoms with Gasteiger partial charge in [0.2, 0.25) is 5.88 Å². The number of azo groups is 1. The van der Waals surface area contributed by atoms with Gasteiger partial charge in [-0.2, -0.15) is 0 Å². The molecule has 0 aliphatic rings. The first-order chi connectivity index (χ1) is 12.6. The minimum Gasteiger partial charge on any atom is -0.493 e. The lowest BCUT2D eigenvalue weighted by Crippen LogP contribution is -1.95. The Kier molecular flexibility index (Phi) is 4.18. The molecule has 0 aliphatic carbocycles. The number of hydrogen-bond donors (Lipinski definition) is 3. The second kappa shape index (κ2) is 6.64. The first kappa shape index (κ1) is 16.3. The fourth-order valence-corrected chi connectivity index (χ4v) is 3.36. The Morgan fingerprint density at radius 3 is 2.88 bits per heavy atom. The van der Waals surface area contributed by atoms with Crippen molar-refractivity contribution in [3.05, 3.63) is 48.0 Å². The quantitative estimate of drug-likeness (QED) is 0.366. The minimum atomic E-state index is -0.406. The number of hydrogen-bond acceptors (Lipinski definition) is 5. The SMILES string of the molecule is Cc1cccc2c(N=NC(=O)CSc3nc4ccccc4[nH]3)c(O)[nH]c12. The highest BCUT2D eigenvalue weighted by atomic mass is 32.2. The van der Waals surface area contributed by atoms with Crippen molar-refractivity contribution >= 4 is 45.3 Å². The van der Waals surface area contributed by atoms with Crippen molar-refractivity contribution in [2.24, 2.45) is 10.2 Å². The molecule has 0 unspecified atom stereocenters. The summed E-state index contributed by atoms with van der Waals surface area (Å²) in [6, 6.07) is 13.3. The number of carbonyl (C=O) groups excluding carboxylic acids is 1. The number of aromatic amines is 2. The Bertz CT molecular complexity index is 1110. The van der Waals surface area contributed by atoms with Gasteiger partial charge in [-0.15, -0.1) is 10.2 Å². The average Bonchev–Trinajstić information content (AvgIpc) is 3.19. The zero-order valence-corrected chi connectivity index (χ0v) is 14.7. The van der Waals surface area contributed by atoms with Crippen LogP contribution in [0.4, 0.5) is 5.69 Å². The van der Waals surface area contributed by atoms with Gasteiger partial charge in [0.1, 0.15) is 0 Å². The van der Waals surface area contributed by atoms with Gasteiger partial charge in [0.05, 0.1) is 22.3 Å².